The Kier molecular flexibility index (Phi) is 9.36. The number of thiophene rings is 2. The molecule has 2 unspecified atom stereocenters. The summed E-state index contributed by atoms with van der Waals surface area (Å²) in [6.07, 6.45) is 7.89. The Labute approximate surface area is 242 Å². The van der Waals surface area contributed by atoms with E-state index in [1.165, 1.54) is 21.1 Å². The highest BCUT2D eigenvalue weighted by Gasteiger charge is 2.46. The van der Waals surface area contributed by atoms with Crippen LogP contribution < -0.4 is 4.78 Å². The average molecular weight is 617 g/mol. The summed E-state index contributed by atoms with van der Waals surface area (Å²) >= 11 is 5.91. The summed E-state index contributed by atoms with van der Waals surface area (Å²) < 4.78 is 0.833. The van der Waals surface area contributed by atoms with E-state index < -0.39 is 0 Å². The number of carbonyl (C=O) groups is 4. The van der Waals surface area contributed by atoms with Gasteiger partial charge in [-0.05, 0) is 45.4 Å². The summed E-state index contributed by atoms with van der Waals surface area (Å²) in [7, 11) is 6.31. The third-order valence-electron chi connectivity index (χ3n) is 7.81. The number of imide groups is 2. The number of halogens is 1. The second kappa shape index (κ2) is 12.2. The molecule has 4 amide bonds. The highest BCUT2D eigenvalue weighted by atomic mass is 79.9. The van der Waals surface area contributed by atoms with Crippen LogP contribution in [0.5, 0.6) is 0 Å². The normalized spacial score (nSPS) is 16.6. The summed E-state index contributed by atoms with van der Waals surface area (Å²) in [6.45, 7) is 9.16. The van der Waals surface area contributed by atoms with Gasteiger partial charge in [0.05, 0.1) is 35.8 Å². The molecule has 0 aromatic carbocycles. The largest absolute Gasteiger partial charge is 0.274 e. The number of hydrogen-bond acceptors (Lipinski definition) is 6. The van der Waals surface area contributed by atoms with Gasteiger partial charge in [0.15, 0.2) is 0 Å². The van der Waals surface area contributed by atoms with E-state index in [-0.39, 0.29) is 51.4 Å². The maximum Gasteiger partial charge on any atom is 0.263 e. The fraction of sp³-hybridized carbons (Fsp3) is 0.571. The predicted molar refractivity (Wildman–Crippen MR) is 158 cm³/mol. The number of unbranched alkanes of at least 4 members (excludes halogenated alkanes) is 2. The van der Waals surface area contributed by atoms with Crippen molar-refractivity contribution < 1.29 is 19.2 Å². The summed E-state index contributed by atoms with van der Waals surface area (Å²) in [5, 5.41) is 0. The Morgan fingerprint density at radius 3 is 1.58 bits per heavy atom. The van der Waals surface area contributed by atoms with Crippen molar-refractivity contribution in [3.63, 3.8) is 0 Å². The summed E-state index contributed by atoms with van der Waals surface area (Å²) in [5.74, 6) is -0.893. The van der Waals surface area contributed by atoms with Crippen LogP contribution in [0.3, 0.4) is 0 Å². The molecule has 2 aliphatic rings. The van der Waals surface area contributed by atoms with Crippen LogP contribution in [0.2, 0.25) is 0 Å². The fourth-order valence-corrected chi connectivity index (χ4v) is 8.45. The Bertz CT molecular complexity index is 1170. The molecule has 4 rings (SSSR count). The lowest BCUT2D eigenvalue weighted by Gasteiger charge is -2.22. The first-order chi connectivity index (χ1) is 18.2. The summed E-state index contributed by atoms with van der Waals surface area (Å²) in [5.41, 5.74) is 1.17. The van der Waals surface area contributed by atoms with E-state index >= 15 is 0 Å². The van der Waals surface area contributed by atoms with Crippen LogP contribution in [-0.2, 0) is 0 Å². The number of carbonyl (C=O) groups excluding carboxylic acids is 4. The van der Waals surface area contributed by atoms with Crippen molar-refractivity contribution in [2.75, 3.05) is 13.1 Å². The molecule has 6 nitrogen and oxygen atoms in total. The molecule has 0 N–H and O–H groups in total. The van der Waals surface area contributed by atoms with Crippen molar-refractivity contribution >= 4 is 74.9 Å². The zero-order valence-electron chi connectivity index (χ0n) is 22.5. The second-order valence-electron chi connectivity index (χ2n) is 10.3. The van der Waals surface area contributed by atoms with Crippen LogP contribution >= 0.6 is 38.6 Å². The van der Waals surface area contributed by atoms with Crippen LogP contribution in [0.1, 0.15) is 120 Å². The van der Waals surface area contributed by atoms with Crippen molar-refractivity contribution in [2.24, 2.45) is 11.8 Å². The number of hydrogen-bond donors (Lipinski definition) is 0. The molecule has 2 aromatic heterocycles. The lowest BCUT2D eigenvalue weighted by Crippen LogP contribution is -2.35. The molecule has 4 heterocycles. The third-order valence-corrected chi connectivity index (χ3v) is 10.9. The molecule has 0 aliphatic carbocycles. The topological polar surface area (TPSA) is 74.8 Å². The number of amides is 4. The minimum absolute atomic E-state index is 0.229. The SMILES string of the molecule is [B]c1sc(-c2sc(Br)c3c2C(=O)N(CC(CC)CCCC)C3=O)c2c1C(=O)N(CC(CC)CCCC)C2=O. The van der Waals surface area contributed by atoms with E-state index in [0.29, 0.717) is 37.8 Å². The minimum atomic E-state index is -0.363. The summed E-state index contributed by atoms with van der Waals surface area (Å²) in [4.78, 5) is 57.7. The van der Waals surface area contributed by atoms with Gasteiger partial charge >= 0.3 is 0 Å². The minimum Gasteiger partial charge on any atom is -0.274 e. The molecule has 2 radical (unpaired) electrons. The van der Waals surface area contributed by atoms with Crippen molar-refractivity contribution in [1.82, 2.24) is 9.80 Å². The van der Waals surface area contributed by atoms with E-state index in [1.807, 2.05) is 0 Å². The maximum absolute atomic E-state index is 13.6. The van der Waals surface area contributed by atoms with Gasteiger partial charge < -0.3 is 0 Å². The van der Waals surface area contributed by atoms with Crippen molar-refractivity contribution in [2.45, 2.75) is 79.1 Å². The average Bonchev–Trinajstić information content (AvgIpc) is 3.57. The van der Waals surface area contributed by atoms with E-state index in [1.54, 1.807) is 0 Å². The van der Waals surface area contributed by atoms with Crippen LogP contribution in [0, 0.1) is 11.8 Å². The zero-order chi connectivity index (χ0) is 27.7. The van der Waals surface area contributed by atoms with Gasteiger partial charge in [0.25, 0.3) is 23.6 Å². The van der Waals surface area contributed by atoms with Crippen molar-refractivity contribution in [3.05, 3.63) is 26.0 Å². The first-order valence-corrected chi connectivity index (χ1v) is 16.1. The van der Waals surface area contributed by atoms with Gasteiger partial charge in [-0.3, -0.25) is 29.0 Å². The number of fused-ring (bicyclic) bond motifs is 2. The van der Waals surface area contributed by atoms with Crippen LogP contribution in [0.15, 0.2) is 3.79 Å². The highest BCUT2D eigenvalue weighted by Crippen LogP contribution is 2.48. The first kappa shape index (κ1) is 29.2. The molecule has 202 valence electrons. The molecule has 2 aromatic rings. The Morgan fingerprint density at radius 2 is 1.11 bits per heavy atom. The van der Waals surface area contributed by atoms with Gasteiger partial charge in [-0.15, -0.1) is 22.7 Å². The summed E-state index contributed by atoms with van der Waals surface area (Å²) in [6, 6.07) is 0. The molecule has 0 saturated heterocycles. The Hall–Kier alpha value is -1.78. The molecule has 38 heavy (non-hydrogen) atoms. The fourth-order valence-electron chi connectivity index (χ4n) is 5.39. The Balaban J connectivity index is 1.69. The molecular weight excluding hydrogens is 583 g/mol. The van der Waals surface area contributed by atoms with E-state index in [4.69, 9.17) is 7.85 Å². The highest BCUT2D eigenvalue weighted by molar-refractivity contribution is 9.11. The Morgan fingerprint density at radius 1 is 0.684 bits per heavy atom. The maximum atomic E-state index is 13.6. The van der Waals surface area contributed by atoms with E-state index in [9.17, 15) is 19.2 Å². The number of rotatable bonds is 13. The standard InChI is InChI=1S/C28H34BBrN2O4S2/c1-5-9-11-15(7-3)13-31-25(33)17-19(27(31)35)23(29)37-21(17)22-18-20(24(30)38-22)28(36)32(26(18)34)14-16(8-4)12-10-6-2/h15-16H,5-14H2,1-4H3. The first-order valence-electron chi connectivity index (χ1n) is 13.7. The van der Waals surface area contributed by atoms with Gasteiger partial charge in [-0.2, -0.15) is 0 Å². The predicted octanol–water partition coefficient (Wildman–Crippen LogP) is 6.66. The smallest absolute Gasteiger partial charge is 0.263 e. The molecule has 0 spiro atoms. The monoisotopic (exact) mass is 616 g/mol. The van der Waals surface area contributed by atoms with Gasteiger partial charge in [0.1, 0.15) is 7.85 Å². The third kappa shape index (κ3) is 5.08. The molecule has 2 aliphatic heterocycles. The second-order valence-corrected chi connectivity index (χ2v) is 13.7. The van der Waals surface area contributed by atoms with Gasteiger partial charge in [-0.25, -0.2) is 0 Å². The molecule has 0 bridgehead atoms. The molecule has 10 heteroatoms. The molecule has 0 fully saturated rings. The van der Waals surface area contributed by atoms with Gasteiger partial charge in [0.2, 0.25) is 0 Å². The molecular formula is C28H34BBrN2O4S2. The quantitative estimate of drug-likeness (QED) is 0.186. The van der Waals surface area contributed by atoms with E-state index in [2.05, 4.69) is 43.6 Å². The van der Waals surface area contributed by atoms with Gasteiger partial charge in [-0.1, -0.05) is 66.2 Å². The lowest BCUT2D eigenvalue weighted by molar-refractivity contribution is 0.0609. The lowest BCUT2D eigenvalue weighted by atomic mass is 9.98. The van der Waals surface area contributed by atoms with Crippen LogP contribution in [0.25, 0.3) is 9.75 Å². The molecule has 2 atom stereocenters. The molecule has 0 saturated carbocycles. The van der Waals surface area contributed by atoms with E-state index in [0.717, 1.165) is 62.7 Å². The van der Waals surface area contributed by atoms with Crippen LogP contribution in [-0.4, -0.2) is 54.4 Å². The van der Waals surface area contributed by atoms with Gasteiger partial charge in [0, 0.05) is 13.1 Å². The van der Waals surface area contributed by atoms with Crippen molar-refractivity contribution in [1.29, 1.82) is 0 Å². The number of nitrogens with zero attached hydrogens (tertiary/aromatic N) is 2. The van der Waals surface area contributed by atoms with Crippen molar-refractivity contribution in [3.8, 4) is 9.75 Å². The zero-order valence-corrected chi connectivity index (χ0v) is 25.7. The van der Waals surface area contributed by atoms with Crippen LogP contribution in [0.4, 0.5) is 0 Å².